The van der Waals surface area contributed by atoms with Gasteiger partial charge in [-0.2, -0.15) is 0 Å². The lowest BCUT2D eigenvalue weighted by molar-refractivity contribution is -0.138. The highest BCUT2D eigenvalue weighted by Crippen LogP contribution is 2.20. The van der Waals surface area contributed by atoms with Crippen molar-refractivity contribution in [1.82, 2.24) is 10.2 Å². The molecule has 29 heavy (non-hydrogen) atoms. The van der Waals surface area contributed by atoms with E-state index in [1.165, 1.54) is 11.8 Å². The number of ether oxygens (including phenoxy) is 1. The van der Waals surface area contributed by atoms with E-state index in [0.717, 1.165) is 22.6 Å². The molecule has 0 heterocycles. The van der Waals surface area contributed by atoms with Crippen molar-refractivity contribution in [3.8, 4) is 5.75 Å². The third kappa shape index (κ3) is 7.13. The van der Waals surface area contributed by atoms with Crippen molar-refractivity contribution in [2.45, 2.75) is 50.7 Å². The molecule has 2 atom stereocenters. The van der Waals surface area contributed by atoms with Gasteiger partial charge in [0.25, 0.3) is 0 Å². The first-order valence-corrected chi connectivity index (χ1v) is 10.8. The molecule has 156 valence electrons. The van der Waals surface area contributed by atoms with Crippen molar-refractivity contribution in [3.05, 3.63) is 60.2 Å². The fourth-order valence-corrected chi connectivity index (χ4v) is 3.57. The monoisotopic (exact) mass is 414 g/mol. The molecule has 0 aliphatic carbocycles. The Hall–Kier alpha value is -2.47. The average molecular weight is 415 g/mol. The highest BCUT2D eigenvalue weighted by Gasteiger charge is 2.26. The number of hydrogen-bond donors (Lipinski definition) is 1. The van der Waals surface area contributed by atoms with E-state index < -0.39 is 6.04 Å². The summed E-state index contributed by atoms with van der Waals surface area (Å²) in [5.74, 6) is 0.786. The van der Waals surface area contributed by atoms with Gasteiger partial charge < -0.3 is 15.0 Å². The smallest absolute Gasteiger partial charge is 0.242 e. The van der Waals surface area contributed by atoms with Gasteiger partial charge in [0.2, 0.25) is 11.8 Å². The first kappa shape index (κ1) is 22.8. The predicted octanol–water partition coefficient (Wildman–Crippen LogP) is 4.12. The zero-order valence-electron chi connectivity index (χ0n) is 17.6. The van der Waals surface area contributed by atoms with Crippen LogP contribution in [0.25, 0.3) is 0 Å². The van der Waals surface area contributed by atoms with Crippen LogP contribution in [-0.2, 0) is 16.1 Å². The van der Waals surface area contributed by atoms with Crippen LogP contribution in [0.4, 0.5) is 0 Å². The van der Waals surface area contributed by atoms with E-state index in [0.29, 0.717) is 6.54 Å². The maximum Gasteiger partial charge on any atom is 0.242 e. The molecule has 0 aliphatic heterocycles. The molecular formula is C23H30N2O3S. The average Bonchev–Trinajstić information content (AvgIpc) is 2.76. The lowest BCUT2D eigenvalue weighted by atomic mass is 10.1. The molecule has 2 amide bonds. The van der Waals surface area contributed by atoms with Crippen molar-refractivity contribution in [2.24, 2.45) is 0 Å². The lowest BCUT2D eigenvalue weighted by Crippen LogP contribution is -2.50. The summed E-state index contributed by atoms with van der Waals surface area (Å²) in [6.07, 6.45) is 0.839. The first-order valence-electron chi connectivity index (χ1n) is 9.85. The van der Waals surface area contributed by atoms with Crippen LogP contribution in [0.3, 0.4) is 0 Å². The summed E-state index contributed by atoms with van der Waals surface area (Å²) < 4.78 is 5.29. The Morgan fingerprint density at radius 1 is 1.10 bits per heavy atom. The summed E-state index contributed by atoms with van der Waals surface area (Å²) in [4.78, 5) is 28.4. The Morgan fingerprint density at radius 2 is 1.83 bits per heavy atom. The van der Waals surface area contributed by atoms with Gasteiger partial charge in [0.15, 0.2) is 0 Å². The Bertz CT molecular complexity index is 798. The molecule has 2 rings (SSSR count). The molecular weight excluding hydrogens is 384 g/mol. The minimum atomic E-state index is -0.570. The van der Waals surface area contributed by atoms with Crippen LogP contribution in [0.2, 0.25) is 0 Å². The molecule has 0 aromatic heterocycles. The van der Waals surface area contributed by atoms with Crippen LogP contribution in [0, 0.1) is 0 Å². The summed E-state index contributed by atoms with van der Waals surface area (Å²) in [7, 11) is 1.61. The van der Waals surface area contributed by atoms with Crippen molar-refractivity contribution in [1.29, 1.82) is 0 Å². The molecule has 2 aromatic rings. The molecule has 0 saturated carbocycles. The number of thioether (sulfide) groups is 1. The SMILES string of the molecule is CC[C@H](C)NC(=O)[C@H](C)N(Cc1cccc(OC)c1)C(=O)CSc1ccccc1. The van der Waals surface area contributed by atoms with Gasteiger partial charge in [-0.05, 0) is 50.1 Å². The van der Waals surface area contributed by atoms with Crippen LogP contribution >= 0.6 is 11.8 Å². The summed E-state index contributed by atoms with van der Waals surface area (Å²) >= 11 is 1.47. The van der Waals surface area contributed by atoms with Crippen LogP contribution in [0.5, 0.6) is 5.75 Å². The van der Waals surface area contributed by atoms with Crippen LogP contribution in [0.15, 0.2) is 59.5 Å². The van der Waals surface area contributed by atoms with Crippen LogP contribution < -0.4 is 10.1 Å². The fraction of sp³-hybridized carbons (Fsp3) is 0.391. The Morgan fingerprint density at radius 3 is 2.48 bits per heavy atom. The predicted molar refractivity (Wildman–Crippen MR) is 118 cm³/mol. The zero-order valence-corrected chi connectivity index (χ0v) is 18.4. The standard InChI is InChI=1S/C23H30N2O3S/c1-5-17(2)24-23(27)18(3)25(15-19-10-9-11-20(14-19)28-4)22(26)16-29-21-12-7-6-8-13-21/h6-14,17-18H,5,15-16H2,1-4H3,(H,24,27)/t17-,18-/m0/s1. The van der Waals surface area contributed by atoms with E-state index in [2.05, 4.69) is 5.32 Å². The Balaban J connectivity index is 2.16. The molecule has 1 N–H and O–H groups in total. The number of hydrogen-bond acceptors (Lipinski definition) is 4. The van der Waals surface area contributed by atoms with E-state index in [4.69, 9.17) is 4.74 Å². The highest BCUT2D eigenvalue weighted by atomic mass is 32.2. The highest BCUT2D eigenvalue weighted by molar-refractivity contribution is 8.00. The van der Waals surface area contributed by atoms with E-state index in [-0.39, 0.29) is 23.6 Å². The van der Waals surface area contributed by atoms with Gasteiger partial charge >= 0.3 is 0 Å². The van der Waals surface area contributed by atoms with Gasteiger partial charge in [-0.15, -0.1) is 11.8 Å². The Kier molecular flexibility index (Phi) is 9.06. The van der Waals surface area contributed by atoms with Crippen LogP contribution in [-0.4, -0.2) is 41.7 Å². The number of methoxy groups -OCH3 is 1. The minimum absolute atomic E-state index is 0.0671. The third-order valence-corrected chi connectivity index (χ3v) is 5.76. The molecule has 0 saturated heterocycles. The van der Waals surface area contributed by atoms with Crippen molar-refractivity contribution in [3.63, 3.8) is 0 Å². The molecule has 0 fully saturated rings. The van der Waals surface area contributed by atoms with E-state index in [1.54, 1.807) is 18.9 Å². The van der Waals surface area contributed by atoms with Crippen molar-refractivity contribution < 1.29 is 14.3 Å². The van der Waals surface area contributed by atoms with Gasteiger partial charge in [-0.25, -0.2) is 0 Å². The lowest BCUT2D eigenvalue weighted by Gasteiger charge is -2.29. The topological polar surface area (TPSA) is 58.6 Å². The van der Waals surface area contributed by atoms with Crippen molar-refractivity contribution in [2.75, 3.05) is 12.9 Å². The van der Waals surface area contributed by atoms with Gasteiger partial charge in [-0.3, -0.25) is 9.59 Å². The van der Waals surface area contributed by atoms with E-state index >= 15 is 0 Å². The van der Waals surface area contributed by atoms with Gasteiger partial charge in [-0.1, -0.05) is 37.3 Å². The molecule has 0 aliphatic rings. The number of amides is 2. The van der Waals surface area contributed by atoms with Gasteiger partial charge in [0, 0.05) is 17.5 Å². The number of rotatable bonds is 10. The molecule has 5 nitrogen and oxygen atoms in total. The summed E-state index contributed by atoms with van der Waals surface area (Å²) in [5.41, 5.74) is 0.922. The number of nitrogens with zero attached hydrogens (tertiary/aromatic N) is 1. The number of carbonyl (C=O) groups excluding carboxylic acids is 2. The molecule has 0 unspecified atom stereocenters. The minimum Gasteiger partial charge on any atom is -0.497 e. The molecule has 6 heteroatoms. The van der Waals surface area contributed by atoms with E-state index in [9.17, 15) is 9.59 Å². The molecule has 0 radical (unpaired) electrons. The fourth-order valence-electron chi connectivity index (χ4n) is 2.76. The number of benzene rings is 2. The largest absolute Gasteiger partial charge is 0.497 e. The zero-order chi connectivity index (χ0) is 21.2. The maximum absolute atomic E-state index is 13.1. The normalized spacial score (nSPS) is 12.7. The second-order valence-electron chi connectivity index (χ2n) is 6.97. The first-order chi connectivity index (χ1) is 13.9. The molecule has 0 spiro atoms. The summed E-state index contributed by atoms with van der Waals surface area (Å²) in [6.45, 7) is 6.11. The van der Waals surface area contributed by atoms with Crippen LogP contribution in [0.1, 0.15) is 32.8 Å². The van der Waals surface area contributed by atoms with Gasteiger partial charge in [0.1, 0.15) is 11.8 Å². The number of nitrogens with one attached hydrogen (secondary N) is 1. The quantitative estimate of drug-likeness (QED) is 0.594. The molecule has 0 bridgehead atoms. The van der Waals surface area contributed by atoms with E-state index in [1.807, 2.05) is 68.4 Å². The van der Waals surface area contributed by atoms with Gasteiger partial charge in [0.05, 0.1) is 12.9 Å². The third-order valence-electron chi connectivity index (χ3n) is 4.76. The summed E-state index contributed by atoms with van der Waals surface area (Å²) in [5, 5.41) is 2.98. The second-order valence-corrected chi connectivity index (χ2v) is 8.02. The number of carbonyl (C=O) groups is 2. The molecule has 2 aromatic carbocycles. The summed E-state index contributed by atoms with van der Waals surface area (Å²) in [6, 6.07) is 16.9. The van der Waals surface area contributed by atoms with Crippen molar-refractivity contribution >= 4 is 23.6 Å². The second kappa shape index (κ2) is 11.5. The maximum atomic E-state index is 13.1. The Labute approximate surface area is 177 Å².